The average Bonchev–Trinajstić information content (AvgIpc) is 3.35. The summed E-state index contributed by atoms with van der Waals surface area (Å²) in [5.74, 6) is -2.75. The monoisotopic (exact) mass is 670 g/mol. The van der Waals surface area contributed by atoms with Crippen LogP contribution in [0.25, 0.3) is 0 Å². The summed E-state index contributed by atoms with van der Waals surface area (Å²) in [6.07, 6.45) is 3.96. The second-order valence-electron chi connectivity index (χ2n) is 12.3. The standard InChI is InChI=1S/C34H46N4O9.CH4/c1-34(2,3)28(41)22-47-23-36-30(43)16-14-27(40)26(20-24-10-6-4-7-11-24)37-31(44)15-13-25(39)21-35-29(42)12-8-5-9-19-38-32(45)17-18-33(38)46;/h4,6-7,10-11,17-18,26H,5,8-9,12-16,19-23H2,1-3H3,(H,35,42)(H,36,43)(H,37,44);1H4/t26-;/m0./s1. The molecule has 0 bridgehead atoms. The molecule has 0 radical (unpaired) electrons. The molecule has 13 heteroatoms. The summed E-state index contributed by atoms with van der Waals surface area (Å²) in [5, 5.41) is 7.73. The van der Waals surface area contributed by atoms with Gasteiger partial charge in [-0.3, -0.25) is 43.3 Å². The number of Topliss-reactive ketones (excluding diaryl/α,β-unsaturated/α-hetero) is 3. The average molecular weight is 671 g/mol. The lowest BCUT2D eigenvalue weighted by atomic mass is 9.91. The zero-order valence-corrected chi connectivity index (χ0v) is 27.4. The number of imide groups is 1. The van der Waals surface area contributed by atoms with Crippen LogP contribution in [0, 0.1) is 5.41 Å². The predicted octanol–water partition coefficient (Wildman–Crippen LogP) is 2.36. The van der Waals surface area contributed by atoms with E-state index in [0.717, 1.165) is 10.5 Å². The van der Waals surface area contributed by atoms with E-state index in [1.54, 1.807) is 32.9 Å². The zero-order chi connectivity index (χ0) is 34.8. The van der Waals surface area contributed by atoms with Crippen molar-refractivity contribution < 1.29 is 43.1 Å². The topological polar surface area (TPSA) is 185 Å². The summed E-state index contributed by atoms with van der Waals surface area (Å²) in [7, 11) is 0. The Labute approximate surface area is 282 Å². The Kier molecular flexibility index (Phi) is 18.5. The van der Waals surface area contributed by atoms with Crippen molar-refractivity contribution in [3.05, 3.63) is 48.0 Å². The van der Waals surface area contributed by atoms with E-state index in [1.165, 1.54) is 12.2 Å². The van der Waals surface area contributed by atoms with Gasteiger partial charge in [-0.25, -0.2) is 0 Å². The molecule has 1 atom stereocenters. The zero-order valence-electron chi connectivity index (χ0n) is 27.4. The first-order chi connectivity index (χ1) is 22.3. The lowest BCUT2D eigenvalue weighted by Crippen LogP contribution is -2.43. The highest BCUT2D eigenvalue weighted by atomic mass is 16.5. The Morgan fingerprint density at radius 2 is 1.40 bits per heavy atom. The molecule has 0 saturated heterocycles. The molecular formula is C35H50N4O9. The molecule has 2 rings (SSSR count). The number of amides is 5. The van der Waals surface area contributed by atoms with Crippen molar-refractivity contribution in [2.45, 2.75) is 92.0 Å². The molecule has 0 aliphatic carbocycles. The molecule has 48 heavy (non-hydrogen) atoms. The van der Waals surface area contributed by atoms with Gasteiger partial charge in [0.05, 0.1) is 12.6 Å². The first-order valence-electron chi connectivity index (χ1n) is 15.8. The molecule has 1 heterocycles. The van der Waals surface area contributed by atoms with Crippen LogP contribution in [0.3, 0.4) is 0 Å². The molecule has 13 nitrogen and oxygen atoms in total. The van der Waals surface area contributed by atoms with Crippen LogP contribution in [0.15, 0.2) is 42.5 Å². The molecule has 264 valence electrons. The van der Waals surface area contributed by atoms with Gasteiger partial charge in [-0.15, -0.1) is 0 Å². The van der Waals surface area contributed by atoms with E-state index in [4.69, 9.17) is 4.74 Å². The van der Waals surface area contributed by atoms with Crippen LogP contribution in [0.1, 0.15) is 85.1 Å². The molecule has 0 aromatic heterocycles. The largest absolute Gasteiger partial charge is 0.353 e. The van der Waals surface area contributed by atoms with E-state index in [0.29, 0.717) is 19.3 Å². The maximum Gasteiger partial charge on any atom is 0.253 e. The molecule has 1 aromatic carbocycles. The minimum Gasteiger partial charge on any atom is -0.353 e. The minimum absolute atomic E-state index is 0. The molecule has 0 fully saturated rings. The molecule has 3 N–H and O–H groups in total. The maximum atomic E-state index is 13.0. The first kappa shape index (κ1) is 41.5. The maximum absolute atomic E-state index is 13.0. The van der Waals surface area contributed by atoms with Gasteiger partial charge < -0.3 is 20.7 Å². The number of benzene rings is 1. The van der Waals surface area contributed by atoms with Gasteiger partial charge in [-0.05, 0) is 24.8 Å². The molecule has 1 aliphatic rings. The quantitative estimate of drug-likeness (QED) is 0.0946. The summed E-state index contributed by atoms with van der Waals surface area (Å²) in [6.45, 7) is 5.05. The highest BCUT2D eigenvalue weighted by Crippen LogP contribution is 2.14. The van der Waals surface area contributed by atoms with Crippen LogP contribution in [0.4, 0.5) is 0 Å². The number of unbranched alkanes of at least 4 members (excludes halogenated alkanes) is 2. The van der Waals surface area contributed by atoms with Crippen molar-refractivity contribution in [3.8, 4) is 0 Å². The number of carbonyl (C=O) groups excluding carboxylic acids is 8. The van der Waals surface area contributed by atoms with Gasteiger partial charge in [0.25, 0.3) is 11.8 Å². The molecule has 0 unspecified atom stereocenters. The van der Waals surface area contributed by atoms with Gasteiger partial charge in [-0.2, -0.15) is 0 Å². The van der Waals surface area contributed by atoms with Crippen LogP contribution >= 0.6 is 0 Å². The minimum atomic E-state index is -0.911. The second kappa shape index (κ2) is 21.4. The number of ketones is 3. The Balaban J connectivity index is 0.0000115. The number of carbonyl (C=O) groups is 8. The van der Waals surface area contributed by atoms with E-state index in [2.05, 4.69) is 16.0 Å². The number of nitrogens with zero attached hydrogens (tertiary/aromatic N) is 1. The van der Waals surface area contributed by atoms with Crippen molar-refractivity contribution in [3.63, 3.8) is 0 Å². The van der Waals surface area contributed by atoms with Gasteiger partial charge in [0.1, 0.15) is 13.3 Å². The van der Waals surface area contributed by atoms with Crippen molar-refractivity contribution in [2.75, 3.05) is 26.4 Å². The molecule has 1 aliphatic heterocycles. The fraction of sp³-hybridized carbons (Fsp3) is 0.543. The van der Waals surface area contributed by atoms with E-state index in [9.17, 15) is 38.4 Å². The number of rotatable bonds is 22. The normalized spacial score (nSPS) is 13.0. The fourth-order valence-corrected chi connectivity index (χ4v) is 4.36. The number of nitrogens with one attached hydrogen (secondary N) is 3. The number of hydrogen-bond donors (Lipinski definition) is 3. The van der Waals surface area contributed by atoms with Gasteiger partial charge in [0, 0.05) is 56.2 Å². The number of hydrogen-bond acceptors (Lipinski definition) is 9. The van der Waals surface area contributed by atoms with E-state index in [-0.39, 0.29) is 107 Å². The van der Waals surface area contributed by atoms with E-state index < -0.39 is 23.3 Å². The van der Waals surface area contributed by atoms with Gasteiger partial charge in [-0.1, -0.05) is 65.0 Å². The highest BCUT2D eigenvalue weighted by Gasteiger charge is 2.24. The van der Waals surface area contributed by atoms with Crippen molar-refractivity contribution in [2.24, 2.45) is 5.41 Å². The van der Waals surface area contributed by atoms with Gasteiger partial charge in [0.2, 0.25) is 17.7 Å². The SMILES string of the molecule is C.CC(C)(C)C(=O)COCNC(=O)CCC(=O)[C@H](Cc1ccccc1)NC(=O)CCC(=O)CNC(=O)CCCCCN1C(=O)C=CC1=O. The van der Waals surface area contributed by atoms with Gasteiger partial charge >= 0.3 is 0 Å². The van der Waals surface area contributed by atoms with E-state index >= 15 is 0 Å². The lowest BCUT2D eigenvalue weighted by Gasteiger charge is -2.18. The van der Waals surface area contributed by atoms with Crippen molar-refractivity contribution >= 4 is 46.9 Å². The molecule has 1 aromatic rings. The summed E-state index contributed by atoms with van der Waals surface area (Å²) in [5.41, 5.74) is 0.251. The lowest BCUT2D eigenvalue weighted by molar-refractivity contribution is -0.137. The van der Waals surface area contributed by atoms with E-state index in [1.807, 2.05) is 18.2 Å². The summed E-state index contributed by atoms with van der Waals surface area (Å²) in [6, 6.07) is 8.15. The molecule has 0 spiro atoms. The van der Waals surface area contributed by atoms with Crippen LogP contribution in [0.5, 0.6) is 0 Å². The van der Waals surface area contributed by atoms with Gasteiger partial charge in [0.15, 0.2) is 17.3 Å². The molecular weight excluding hydrogens is 620 g/mol. The third-order valence-electron chi connectivity index (χ3n) is 7.35. The smallest absolute Gasteiger partial charge is 0.253 e. The van der Waals surface area contributed by atoms with Crippen LogP contribution in [-0.4, -0.2) is 84.3 Å². The number of ether oxygens (including phenoxy) is 1. The summed E-state index contributed by atoms with van der Waals surface area (Å²) >= 11 is 0. The Morgan fingerprint density at radius 1 is 0.771 bits per heavy atom. The summed E-state index contributed by atoms with van der Waals surface area (Å²) in [4.78, 5) is 98.5. The fourth-order valence-electron chi connectivity index (χ4n) is 4.36. The van der Waals surface area contributed by atoms with Crippen LogP contribution in [-0.2, 0) is 49.5 Å². The Bertz CT molecular complexity index is 1300. The second-order valence-corrected chi connectivity index (χ2v) is 12.3. The van der Waals surface area contributed by atoms with Crippen molar-refractivity contribution in [1.82, 2.24) is 20.9 Å². The Hall–Kier alpha value is -4.52. The molecule has 0 saturated carbocycles. The third-order valence-corrected chi connectivity index (χ3v) is 7.35. The summed E-state index contributed by atoms with van der Waals surface area (Å²) < 4.78 is 5.21. The van der Waals surface area contributed by atoms with Crippen molar-refractivity contribution in [1.29, 1.82) is 0 Å². The third kappa shape index (κ3) is 16.3. The predicted molar refractivity (Wildman–Crippen MR) is 178 cm³/mol. The van der Waals surface area contributed by atoms with Crippen LogP contribution in [0.2, 0.25) is 0 Å². The van der Waals surface area contributed by atoms with Crippen LogP contribution < -0.4 is 16.0 Å². The first-order valence-corrected chi connectivity index (χ1v) is 15.8. The Morgan fingerprint density at radius 3 is 2.04 bits per heavy atom. The highest BCUT2D eigenvalue weighted by molar-refractivity contribution is 6.12. The molecule has 5 amide bonds.